The molecule has 0 radical (unpaired) electrons. The fourth-order valence-corrected chi connectivity index (χ4v) is 1.89. The molecule has 4 heteroatoms. The first-order valence-corrected chi connectivity index (χ1v) is 3.85. The number of aliphatic hydroxyl groups is 1. The standard InChI is InChI=1S/C7H12N2O2/c1-8-4-9-3-5(10)2-6(9)7(8)11/h5-6,10H,2-4H2,1H3/t5-,6+/m1/s1. The van der Waals surface area contributed by atoms with Crippen LogP contribution >= 0.6 is 0 Å². The second kappa shape index (κ2) is 2.19. The van der Waals surface area contributed by atoms with Crippen molar-refractivity contribution in [3.05, 3.63) is 0 Å². The Labute approximate surface area is 65.4 Å². The zero-order valence-electron chi connectivity index (χ0n) is 6.53. The van der Waals surface area contributed by atoms with Crippen molar-refractivity contribution >= 4 is 5.91 Å². The van der Waals surface area contributed by atoms with Crippen molar-refractivity contribution in [2.75, 3.05) is 20.3 Å². The molecular formula is C7H12N2O2. The Morgan fingerprint density at radius 3 is 3.00 bits per heavy atom. The third-order valence-corrected chi connectivity index (χ3v) is 2.44. The van der Waals surface area contributed by atoms with Crippen molar-refractivity contribution in [1.82, 2.24) is 9.80 Å². The van der Waals surface area contributed by atoms with Gasteiger partial charge in [0.05, 0.1) is 18.8 Å². The van der Waals surface area contributed by atoms with E-state index >= 15 is 0 Å². The van der Waals surface area contributed by atoms with Crippen LogP contribution < -0.4 is 0 Å². The lowest BCUT2D eigenvalue weighted by atomic mass is 10.2. The van der Waals surface area contributed by atoms with Crippen LogP contribution in [0.4, 0.5) is 0 Å². The molecule has 2 atom stereocenters. The molecule has 1 N–H and O–H groups in total. The number of fused-ring (bicyclic) bond motifs is 1. The van der Waals surface area contributed by atoms with Gasteiger partial charge in [-0.15, -0.1) is 0 Å². The van der Waals surface area contributed by atoms with Crippen LogP contribution in [0.5, 0.6) is 0 Å². The molecule has 62 valence electrons. The minimum Gasteiger partial charge on any atom is -0.392 e. The molecule has 2 saturated heterocycles. The molecule has 0 spiro atoms. The summed E-state index contributed by atoms with van der Waals surface area (Å²) in [6.07, 6.45) is 0.320. The van der Waals surface area contributed by atoms with Gasteiger partial charge in [0.15, 0.2) is 0 Å². The topological polar surface area (TPSA) is 43.8 Å². The van der Waals surface area contributed by atoms with Gasteiger partial charge in [-0.2, -0.15) is 0 Å². The third kappa shape index (κ3) is 0.937. The summed E-state index contributed by atoms with van der Waals surface area (Å²) in [5.74, 6) is 0.154. The lowest BCUT2D eigenvalue weighted by Crippen LogP contribution is -2.26. The van der Waals surface area contributed by atoms with Crippen LogP contribution in [0, 0.1) is 0 Å². The third-order valence-electron chi connectivity index (χ3n) is 2.44. The summed E-state index contributed by atoms with van der Waals surface area (Å²) in [6.45, 7) is 1.33. The summed E-state index contributed by atoms with van der Waals surface area (Å²) >= 11 is 0. The van der Waals surface area contributed by atoms with Crippen LogP contribution in [0.15, 0.2) is 0 Å². The summed E-state index contributed by atoms with van der Waals surface area (Å²) in [7, 11) is 1.80. The maximum atomic E-state index is 11.3. The number of carbonyl (C=O) groups excluding carboxylic acids is 1. The molecule has 4 nitrogen and oxygen atoms in total. The first-order chi connectivity index (χ1) is 5.18. The Morgan fingerprint density at radius 1 is 1.64 bits per heavy atom. The predicted molar refractivity (Wildman–Crippen MR) is 38.8 cm³/mol. The minimum absolute atomic E-state index is 0.0324. The molecule has 2 heterocycles. The summed E-state index contributed by atoms with van der Waals surface area (Å²) in [4.78, 5) is 15.0. The first-order valence-electron chi connectivity index (χ1n) is 3.85. The number of hydrogen-bond donors (Lipinski definition) is 1. The number of rotatable bonds is 0. The molecule has 0 bridgehead atoms. The number of amides is 1. The SMILES string of the molecule is CN1CN2C[C@H](O)C[C@H]2C1=O. The van der Waals surface area contributed by atoms with Gasteiger partial charge in [0.25, 0.3) is 0 Å². The Hall–Kier alpha value is -0.610. The Kier molecular flexibility index (Phi) is 1.40. The van der Waals surface area contributed by atoms with Crippen LogP contribution in [-0.2, 0) is 4.79 Å². The molecule has 1 amide bonds. The van der Waals surface area contributed by atoms with E-state index in [1.807, 2.05) is 4.90 Å². The number of likely N-dealkylation sites (N-methyl/N-ethyl adjacent to an activating group) is 1. The number of nitrogens with zero attached hydrogens (tertiary/aromatic N) is 2. The van der Waals surface area contributed by atoms with Crippen molar-refractivity contribution in [2.24, 2.45) is 0 Å². The van der Waals surface area contributed by atoms with Crippen molar-refractivity contribution in [3.63, 3.8) is 0 Å². The van der Waals surface area contributed by atoms with Gasteiger partial charge in [-0.05, 0) is 6.42 Å². The normalized spacial score (nSPS) is 38.4. The van der Waals surface area contributed by atoms with E-state index in [2.05, 4.69) is 0 Å². The second-order valence-corrected chi connectivity index (χ2v) is 3.35. The fourth-order valence-electron chi connectivity index (χ4n) is 1.89. The highest BCUT2D eigenvalue weighted by atomic mass is 16.3. The van der Waals surface area contributed by atoms with E-state index < -0.39 is 0 Å². The fraction of sp³-hybridized carbons (Fsp3) is 0.857. The quantitative estimate of drug-likeness (QED) is 0.481. The first kappa shape index (κ1) is 7.06. The van der Waals surface area contributed by atoms with E-state index in [1.165, 1.54) is 0 Å². The molecule has 0 aliphatic carbocycles. The van der Waals surface area contributed by atoms with Gasteiger partial charge in [0.2, 0.25) is 5.91 Å². The average molecular weight is 156 g/mol. The van der Waals surface area contributed by atoms with E-state index in [0.29, 0.717) is 19.6 Å². The highest BCUT2D eigenvalue weighted by Crippen LogP contribution is 2.24. The molecule has 2 aliphatic heterocycles. The van der Waals surface area contributed by atoms with E-state index in [9.17, 15) is 9.90 Å². The van der Waals surface area contributed by atoms with Crippen LogP contribution in [0.25, 0.3) is 0 Å². The molecule has 2 rings (SSSR count). The molecule has 0 aromatic heterocycles. The van der Waals surface area contributed by atoms with E-state index in [1.54, 1.807) is 11.9 Å². The Balaban J connectivity index is 2.13. The van der Waals surface area contributed by atoms with E-state index in [0.717, 1.165) is 0 Å². The molecule has 2 fully saturated rings. The lowest BCUT2D eigenvalue weighted by molar-refractivity contribution is -0.128. The van der Waals surface area contributed by atoms with Crippen LogP contribution in [0.3, 0.4) is 0 Å². The van der Waals surface area contributed by atoms with Crippen molar-refractivity contribution in [1.29, 1.82) is 0 Å². The predicted octanol–water partition coefficient (Wildman–Crippen LogP) is -1.15. The molecule has 0 aromatic rings. The Bertz CT molecular complexity index is 195. The molecule has 0 unspecified atom stereocenters. The van der Waals surface area contributed by atoms with Gasteiger partial charge in [0.1, 0.15) is 0 Å². The van der Waals surface area contributed by atoms with Crippen molar-refractivity contribution < 1.29 is 9.90 Å². The maximum absolute atomic E-state index is 11.3. The second-order valence-electron chi connectivity index (χ2n) is 3.35. The van der Waals surface area contributed by atoms with E-state index in [4.69, 9.17) is 0 Å². The largest absolute Gasteiger partial charge is 0.392 e. The highest BCUT2D eigenvalue weighted by Gasteiger charge is 2.42. The molecule has 2 aliphatic rings. The van der Waals surface area contributed by atoms with Crippen molar-refractivity contribution in [2.45, 2.75) is 18.6 Å². The van der Waals surface area contributed by atoms with Gasteiger partial charge in [0, 0.05) is 13.6 Å². The van der Waals surface area contributed by atoms with Gasteiger partial charge in [-0.3, -0.25) is 9.69 Å². The highest BCUT2D eigenvalue weighted by molar-refractivity contribution is 5.83. The number of carbonyl (C=O) groups is 1. The summed E-state index contributed by atoms with van der Waals surface area (Å²) < 4.78 is 0. The van der Waals surface area contributed by atoms with Gasteiger partial charge in [-0.25, -0.2) is 0 Å². The van der Waals surface area contributed by atoms with Crippen LogP contribution in [0.1, 0.15) is 6.42 Å². The monoisotopic (exact) mass is 156 g/mol. The maximum Gasteiger partial charge on any atom is 0.240 e. The zero-order chi connectivity index (χ0) is 8.01. The average Bonchev–Trinajstić information content (AvgIpc) is 2.37. The summed E-state index contributed by atoms with van der Waals surface area (Å²) in [6, 6.07) is -0.0324. The van der Waals surface area contributed by atoms with Crippen LogP contribution in [0.2, 0.25) is 0 Å². The lowest BCUT2D eigenvalue weighted by Gasteiger charge is -2.11. The van der Waals surface area contributed by atoms with Gasteiger partial charge in [-0.1, -0.05) is 0 Å². The molecular weight excluding hydrogens is 144 g/mol. The van der Waals surface area contributed by atoms with Gasteiger partial charge >= 0.3 is 0 Å². The van der Waals surface area contributed by atoms with E-state index in [-0.39, 0.29) is 18.1 Å². The molecule has 11 heavy (non-hydrogen) atoms. The zero-order valence-corrected chi connectivity index (χ0v) is 6.53. The van der Waals surface area contributed by atoms with Gasteiger partial charge < -0.3 is 10.0 Å². The minimum atomic E-state index is -0.294. The summed E-state index contributed by atoms with van der Waals surface area (Å²) in [5.41, 5.74) is 0. The number of hydrogen-bond acceptors (Lipinski definition) is 3. The number of aliphatic hydroxyl groups excluding tert-OH is 1. The Morgan fingerprint density at radius 2 is 2.36 bits per heavy atom. The molecule has 0 saturated carbocycles. The smallest absolute Gasteiger partial charge is 0.240 e. The summed E-state index contributed by atoms with van der Waals surface area (Å²) in [5, 5.41) is 9.23. The van der Waals surface area contributed by atoms with Crippen molar-refractivity contribution in [3.8, 4) is 0 Å². The molecule has 0 aromatic carbocycles. The van der Waals surface area contributed by atoms with Crippen LogP contribution in [-0.4, -0.2) is 53.2 Å².